The van der Waals surface area contributed by atoms with Crippen molar-refractivity contribution < 1.29 is 18.3 Å². The van der Waals surface area contributed by atoms with Gasteiger partial charge in [0.1, 0.15) is 4.90 Å². The zero-order valence-corrected chi connectivity index (χ0v) is 11.7. The number of carbonyl (C=O) groups is 1. The summed E-state index contributed by atoms with van der Waals surface area (Å²) < 4.78 is 25.9. The van der Waals surface area contributed by atoms with Crippen molar-refractivity contribution >= 4 is 39.2 Å². The highest BCUT2D eigenvalue weighted by Gasteiger charge is 2.23. The Balaban J connectivity index is 3.27. The van der Waals surface area contributed by atoms with Gasteiger partial charge in [-0.3, -0.25) is 0 Å². The number of nitrogens with one attached hydrogen (secondary N) is 1. The Morgan fingerprint density at radius 3 is 2.58 bits per heavy atom. The van der Waals surface area contributed by atoms with E-state index in [1.807, 2.05) is 0 Å². The Kier molecular flexibility index (Phi) is 5.14. The van der Waals surface area contributed by atoms with Crippen LogP contribution in [-0.4, -0.2) is 26.0 Å². The minimum Gasteiger partial charge on any atom is -0.478 e. The van der Waals surface area contributed by atoms with Gasteiger partial charge in [0, 0.05) is 18.0 Å². The summed E-state index contributed by atoms with van der Waals surface area (Å²) in [5.41, 5.74) is -0.408. The lowest BCUT2D eigenvalue weighted by Crippen LogP contribution is -2.25. The van der Waals surface area contributed by atoms with Crippen molar-refractivity contribution in [1.82, 2.24) is 4.72 Å². The van der Waals surface area contributed by atoms with E-state index in [0.717, 1.165) is 12.1 Å². The third-order valence-electron chi connectivity index (χ3n) is 2.05. The smallest absolute Gasteiger partial charge is 0.337 e. The van der Waals surface area contributed by atoms with E-state index in [4.69, 9.17) is 33.6 Å². The van der Waals surface area contributed by atoms with Gasteiger partial charge < -0.3 is 5.11 Å². The molecule has 1 aromatic rings. The van der Waals surface area contributed by atoms with Gasteiger partial charge in [-0.25, -0.2) is 17.9 Å². The molecule has 0 atom stereocenters. The Bertz CT molecular complexity index is 652. The van der Waals surface area contributed by atoms with Crippen LogP contribution in [0, 0.1) is 11.3 Å². The molecule has 1 rings (SSSR count). The van der Waals surface area contributed by atoms with Crippen molar-refractivity contribution in [1.29, 1.82) is 5.26 Å². The molecule has 0 saturated heterocycles. The fraction of sp³-hybridized carbons (Fsp3) is 0.200. The summed E-state index contributed by atoms with van der Waals surface area (Å²) in [6.45, 7) is -0.107. The van der Waals surface area contributed by atoms with E-state index >= 15 is 0 Å². The number of nitrogens with zero attached hydrogens (tertiary/aromatic N) is 1. The summed E-state index contributed by atoms with van der Waals surface area (Å²) in [5.74, 6) is -1.39. The third-order valence-corrected chi connectivity index (χ3v) is 4.28. The lowest BCUT2D eigenvalue weighted by atomic mass is 10.2. The fourth-order valence-corrected chi connectivity index (χ4v) is 3.17. The highest BCUT2D eigenvalue weighted by Crippen LogP contribution is 2.29. The molecule has 19 heavy (non-hydrogen) atoms. The number of hydrogen-bond acceptors (Lipinski definition) is 4. The number of rotatable bonds is 5. The van der Waals surface area contributed by atoms with Crippen LogP contribution in [0.4, 0.5) is 0 Å². The van der Waals surface area contributed by atoms with Gasteiger partial charge in [0.25, 0.3) is 0 Å². The quantitative estimate of drug-likeness (QED) is 0.805. The molecule has 2 N–H and O–H groups in total. The number of benzene rings is 1. The fourth-order valence-electron chi connectivity index (χ4n) is 1.23. The predicted molar refractivity (Wildman–Crippen MR) is 68.8 cm³/mol. The maximum atomic E-state index is 11.9. The van der Waals surface area contributed by atoms with Crippen LogP contribution in [0.3, 0.4) is 0 Å². The third kappa shape index (κ3) is 3.81. The average molecular weight is 323 g/mol. The molecule has 0 aliphatic heterocycles. The lowest BCUT2D eigenvalue weighted by Gasteiger charge is -2.09. The van der Waals surface area contributed by atoms with Gasteiger partial charge in [0.05, 0.1) is 16.7 Å². The second kappa shape index (κ2) is 6.21. The summed E-state index contributed by atoms with van der Waals surface area (Å²) in [4.78, 5) is 10.5. The van der Waals surface area contributed by atoms with Crippen LogP contribution in [0.15, 0.2) is 17.0 Å². The maximum absolute atomic E-state index is 11.9. The molecule has 0 spiro atoms. The maximum Gasteiger partial charge on any atom is 0.337 e. The van der Waals surface area contributed by atoms with E-state index in [1.54, 1.807) is 6.07 Å². The van der Waals surface area contributed by atoms with Crippen molar-refractivity contribution in [2.45, 2.75) is 11.3 Å². The Morgan fingerprint density at radius 1 is 1.42 bits per heavy atom. The highest BCUT2D eigenvalue weighted by atomic mass is 35.5. The van der Waals surface area contributed by atoms with E-state index in [1.165, 1.54) is 0 Å². The first-order valence-electron chi connectivity index (χ1n) is 4.88. The summed E-state index contributed by atoms with van der Waals surface area (Å²) in [7, 11) is -4.02. The average Bonchev–Trinajstić information content (AvgIpc) is 2.31. The Labute approximate surface area is 119 Å². The molecular formula is C10H8Cl2N2O4S. The van der Waals surface area contributed by atoms with Gasteiger partial charge in [-0.2, -0.15) is 5.26 Å². The number of carboxylic acids is 1. The summed E-state index contributed by atoms with van der Waals surface area (Å²) in [6.07, 6.45) is -0.0246. The minimum absolute atomic E-state index is 0.0246. The van der Waals surface area contributed by atoms with Gasteiger partial charge in [-0.1, -0.05) is 23.2 Å². The molecule has 0 aliphatic rings. The first-order chi connectivity index (χ1) is 8.79. The molecule has 102 valence electrons. The molecule has 1 aromatic carbocycles. The number of halogens is 2. The molecule has 0 amide bonds. The van der Waals surface area contributed by atoms with Crippen LogP contribution in [0.25, 0.3) is 0 Å². The number of sulfonamides is 1. The summed E-state index contributed by atoms with van der Waals surface area (Å²) in [6, 6.07) is 3.87. The normalized spacial score (nSPS) is 11.0. The number of hydrogen-bond donors (Lipinski definition) is 2. The van der Waals surface area contributed by atoms with E-state index in [2.05, 4.69) is 4.72 Å². The van der Waals surface area contributed by atoms with Crippen LogP contribution in [0.5, 0.6) is 0 Å². The van der Waals surface area contributed by atoms with Crippen LogP contribution in [0.1, 0.15) is 16.8 Å². The van der Waals surface area contributed by atoms with Crippen molar-refractivity contribution in [3.8, 4) is 6.07 Å². The number of aromatic carboxylic acids is 1. The van der Waals surface area contributed by atoms with Gasteiger partial charge >= 0.3 is 5.97 Å². The van der Waals surface area contributed by atoms with Crippen molar-refractivity contribution in [3.63, 3.8) is 0 Å². The molecule has 0 saturated carbocycles. The minimum atomic E-state index is -4.02. The molecule has 0 fully saturated rings. The zero-order valence-electron chi connectivity index (χ0n) is 9.35. The lowest BCUT2D eigenvalue weighted by molar-refractivity contribution is 0.0697. The van der Waals surface area contributed by atoms with E-state index in [-0.39, 0.29) is 18.0 Å². The van der Waals surface area contributed by atoms with Crippen molar-refractivity contribution in [2.24, 2.45) is 0 Å². The van der Waals surface area contributed by atoms with Crippen molar-refractivity contribution in [2.75, 3.05) is 6.54 Å². The van der Waals surface area contributed by atoms with Crippen LogP contribution >= 0.6 is 23.2 Å². The van der Waals surface area contributed by atoms with Gasteiger partial charge in [0.2, 0.25) is 10.0 Å². The number of carboxylic acid groups (broad SMARTS) is 1. The monoisotopic (exact) mass is 322 g/mol. The Morgan fingerprint density at radius 2 is 2.05 bits per heavy atom. The van der Waals surface area contributed by atoms with Crippen LogP contribution in [-0.2, 0) is 10.0 Å². The topological polar surface area (TPSA) is 107 Å². The number of nitriles is 1. The second-order valence-corrected chi connectivity index (χ2v) is 5.93. The first kappa shape index (κ1) is 15.7. The van der Waals surface area contributed by atoms with Gasteiger partial charge in [0.15, 0.2) is 0 Å². The second-order valence-electron chi connectivity index (χ2n) is 3.38. The zero-order chi connectivity index (χ0) is 14.6. The van der Waals surface area contributed by atoms with E-state index in [0.29, 0.717) is 0 Å². The summed E-state index contributed by atoms with van der Waals surface area (Å²) >= 11 is 11.4. The molecule has 0 unspecified atom stereocenters. The highest BCUT2D eigenvalue weighted by molar-refractivity contribution is 7.89. The van der Waals surface area contributed by atoms with Crippen LogP contribution in [0.2, 0.25) is 10.0 Å². The molecule has 0 radical (unpaired) electrons. The largest absolute Gasteiger partial charge is 0.478 e. The molecular weight excluding hydrogens is 315 g/mol. The Hall–Kier alpha value is -1.33. The van der Waals surface area contributed by atoms with Gasteiger partial charge in [-0.05, 0) is 12.1 Å². The predicted octanol–water partition coefficient (Wildman–Crippen LogP) is 1.88. The molecule has 0 aromatic heterocycles. The van der Waals surface area contributed by atoms with Gasteiger partial charge in [-0.15, -0.1) is 0 Å². The summed E-state index contributed by atoms with van der Waals surface area (Å²) in [5, 5.41) is 16.7. The first-order valence-corrected chi connectivity index (χ1v) is 7.12. The van der Waals surface area contributed by atoms with E-state index < -0.39 is 31.5 Å². The standard InChI is InChI=1S/C10H8Cl2N2O4S/c11-6-4-7(10(15)16)9(12)8(5-6)19(17,18)14-3-1-2-13/h4-5,14H,1,3H2,(H,15,16). The molecule has 0 heterocycles. The van der Waals surface area contributed by atoms with E-state index in [9.17, 15) is 13.2 Å². The molecule has 0 bridgehead atoms. The van der Waals surface area contributed by atoms with Crippen LogP contribution < -0.4 is 4.72 Å². The molecule has 0 aliphatic carbocycles. The van der Waals surface area contributed by atoms with Crippen molar-refractivity contribution in [3.05, 3.63) is 27.7 Å². The molecule has 9 heteroatoms. The molecule has 6 nitrogen and oxygen atoms in total. The SMILES string of the molecule is N#CCCNS(=O)(=O)c1cc(Cl)cc(C(=O)O)c1Cl.